The highest BCUT2D eigenvalue weighted by Gasteiger charge is 2.23. The Morgan fingerprint density at radius 1 is 1.14 bits per heavy atom. The molecule has 0 atom stereocenters. The van der Waals surface area contributed by atoms with Gasteiger partial charge in [-0.1, -0.05) is 11.6 Å². The molecule has 3 aromatic rings. The number of nitrogens with one attached hydrogen (secondary N) is 2. The molecule has 0 unspecified atom stereocenters. The van der Waals surface area contributed by atoms with Crippen LogP contribution in [-0.4, -0.2) is 39.8 Å². The summed E-state index contributed by atoms with van der Waals surface area (Å²) in [5, 5.41) is 3.12. The van der Waals surface area contributed by atoms with Gasteiger partial charge in [-0.2, -0.15) is 0 Å². The van der Waals surface area contributed by atoms with Crippen molar-refractivity contribution in [3.8, 4) is 0 Å². The number of alkyl halides is 2. The molecule has 1 fully saturated rings. The van der Waals surface area contributed by atoms with Crippen molar-refractivity contribution in [2.75, 3.05) is 18.4 Å². The van der Waals surface area contributed by atoms with Gasteiger partial charge in [0, 0.05) is 23.7 Å². The van der Waals surface area contributed by atoms with Gasteiger partial charge < -0.3 is 15.2 Å². The van der Waals surface area contributed by atoms with Crippen molar-refractivity contribution in [1.82, 2.24) is 14.9 Å². The number of likely N-dealkylation sites (tertiary alicyclic amines) is 1. The summed E-state index contributed by atoms with van der Waals surface area (Å²) in [4.78, 5) is 33.6. The Kier molecular flexibility index (Phi) is 5.19. The second-order valence-corrected chi connectivity index (χ2v) is 7.23. The van der Waals surface area contributed by atoms with Gasteiger partial charge in [-0.3, -0.25) is 9.59 Å². The number of rotatable bonds is 4. The Hall–Kier alpha value is -3.00. The topological polar surface area (TPSA) is 78.1 Å². The van der Waals surface area contributed by atoms with E-state index in [1.54, 1.807) is 17.0 Å². The van der Waals surface area contributed by atoms with E-state index in [0.717, 1.165) is 12.8 Å². The van der Waals surface area contributed by atoms with Gasteiger partial charge in [-0.15, -0.1) is 0 Å². The Labute approximate surface area is 169 Å². The largest absolute Gasteiger partial charge is 0.339 e. The van der Waals surface area contributed by atoms with Gasteiger partial charge in [-0.25, -0.2) is 13.8 Å². The van der Waals surface area contributed by atoms with E-state index >= 15 is 0 Å². The minimum atomic E-state index is -2.73. The zero-order chi connectivity index (χ0) is 20.5. The predicted molar refractivity (Wildman–Crippen MR) is 106 cm³/mol. The number of benzene rings is 2. The summed E-state index contributed by atoms with van der Waals surface area (Å²) in [7, 11) is 0. The van der Waals surface area contributed by atoms with Gasteiger partial charge in [0.05, 0.1) is 22.3 Å². The molecule has 0 aliphatic carbocycles. The smallest absolute Gasteiger partial charge is 0.295 e. The van der Waals surface area contributed by atoms with E-state index in [1.807, 2.05) is 0 Å². The maximum atomic E-state index is 12.8. The van der Waals surface area contributed by atoms with Gasteiger partial charge in [-0.05, 0) is 49.2 Å². The van der Waals surface area contributed by atoms with Crippen LogP contribution in [0.15, 0.2) is 36.4 Å². The van der Waals surface area contributed by atoms with E-state index in [0.29, 0.717) is 40.4 Å². The summed E-state index contributed by atoms with van der Waals surface area (Å²) in [5.74, 6) is -1.11. The molecule has 4 rings (SSSR count). The SMILES string of the molecule is O=C(Nc1ccc(Cl)cc1C(=O)N1CCCC1)c1ccc2nc(C(F)F)[nH]c2c1. The van der Waals surface area contributed by atoms with Crippen LogP contribution < -0.4 is 5.32 Å². The standard InChI is InChI=1S/C20H17ClF2N4O2/c21-12-4-6-14(13(10-12)20(29)27-7-1-2-8-27)26-19(28)11-3-5-15-16(9-11)25-18(24-15)17(22)23/h3-6,9-10,17H,1-2,7-8H2,(H,24,25)(H,26,28). The summed E-state index contributed by atoms with van der Waals surface area (Å²) in [6, 6.07) is 9.13. The van der Waals surface area contributed by atoms with Crippen molar-refractivity contribution in [3.05, 3.63) is 58.4 Å². The maximum Gasteiger partial charge on any atom is 0.295 e. The fourth-order valence-corrected chi connectivity index (χ4v) is 3.53. The predicted octanol–water partition coefficient (Wildman–Crippen LogP) is 4.64. The highest BCUT2D eigenvalue weighted by Crippen LogP contribution is 2.25. The molecule has 150 valence electrons. The molecule has 0 radical (unpaired) electrons. The van der Waals surface area contributed by atoms with Gasteiger partial charge in [0.25, 0.3) is 18.2 Å². The molecule has 6 nitrogen and oxygen atoms in total. The lowest BCUT2D eigenvalue weighted by atomic mass is 10.1. The molecule has 2 N–H and O–H groups in total. The molecule has 1 aromatic heterocycles. The molecule has 0 spiro atoms. The molecular weight excluding hydrogens is 402 g/mol. The molecule has 1 aliphatic heterocycles. The van der Waals surface area contributed by atoms with Gasteiger partial charge in [0.15, 0.2) is 5.82 Å². The average Bonchev–Trinajstić information content (AvgIpc) is 3.38. The third kappa shape index (κ3) is 3.93. The van der Waals surface area contributed by atoms with Crippen LogP contribution in [0.3, 0.4) is 0 Å². The number of anilines is 1. The number of carbonyl (C=O) groups excluding carboxylic acids is 2. The van der Waals surface area contributed by atoms with E-state index in [2.05, 4.69) is 15.3 Å². The maximum absolute atomic E-state index is 12.8. The molecule has 9 heteroatoms. The molecule has 0 bridgehead atoms. The van der Waals surface area contributed by atoms with Crippen molar-refractivity contribution >= 4 is 40.1 Å². The zero-order valence-corrected chi connectivity index (χ0v) is 16.0. The Bertz CT molecular complexity index is 1090. The van der Waals surface area contributed by atoms with Crippen LogP contribution in [0.5, 0.6) is 0 Å². The first-order chi connectivity index (χ1) is 13.9. The van der Waals surface area contributed by atoms with Crippen LogP contribution in [0.1, 0.15) is 45.8 Å². The lowest BCUT2D eigenvalue weighted by Crippen LogP contribution is -2.28. The normalized spacial score (nSPS) is 14.0. The minimum absolute atomic E-state index is 0.189. The first-order valence-corrected chi connectivity index (χ1v) is 9.48. The summed E-state index contributed by atoms with van der Waals surface area (Å²) in [5.41, 5.74) is 1.58. The van der Waals surface area contributed by atoms with Gasteiger partial charge in [0.1, 0.15) is 0 Å². The third-order valence-corrected chi connectivity index (χ3v) is 5.06. The highest BCUT2D eigenvalue weighted by molar-refractivity contribution is 6.31. The Balaban J connectivity index is 1.61. The number of imidazole rings is 1. The van der Waals surface area contributed by atoms with Crippen LogP contribution in [0.4, 0.5) is 14.5 Å². The Morgan fingerprint density at radius 3 is 2.62 bits per heavy atom. The van der Waals surface area contributed by atoms with Crippen molar-refractivity contribution < 1.29 is 18.4 Å². The summed E-state index contributed by atoms with van der Waals surface area (Å²) in [6.45, 7) is 1.34. The number of fused-ring (bicyclic) bond motifs is 1. The van der Waals surface area contributed by atoms with E-state index in [4.69, 9.17) is 11.6 Å². The Morgan fingerprint density at radius 2 is 1.90 bits per heavy atom. The average molecular weight is 419 g/mol. The monoisotopic (exact) mass is 418 g/mol. The van der Waals surface area contributed by atoms with Crippen molar-refractivity contribution in [2.45, 2.75) is 19.3 Å². The number of carbonyl (C=O) groups is 2. The van der Waals surface area contributed by atoms with Crippen LogP contribution >= 0.6 is 11.6 Å². The minimum Gasteiger partial charge on any atom is -0.339 e. The van der Waals surface area contributed by atoms with E-state index in [1.165, 1.54) is 24.3 Å². The summed E-state index contributed by atoms with van der Waals surface area (Å²) >= 11 is 6.06. The second kappa shape index (κ2) is 7.79. The highest BCUT2D eigenvalue weighted by atomic mass is 35.5. The van der Waals surface area contributed by atoms with Crippen molar-refractivity contribution in [2.24, 2.45) is 0 Å². The molecule has 2 aromatic carbocycles. The number of hydrogen-bond acceptors (Lipinski definition) is 3. The van der Waals surface area contributed by atoms with Gasteiger partial charge >= 0.3 is 0 Å². The van der Waals surface area contributed by atoms with Gasteiger partial charge in [0.2, 0.25) is 0 Å². The number of halogens is 3. The lowest BCUT2D eigenvalue weighted by Gasteiger charge is -2.18. The molecule has 2 heterocycles. The molecule has 0 saturated carbocycles. The molecular formula is C20H17ClF2N4O2. The first kappa shape index (κ1) is 19.3. The summed E-state index contributed by atoms with van der Waals surface area (Å²) in [6.07, 6.45) is -0.842. The second-order valence-electron chi connectivity index (χ2n) is 6.80. The van der Waals surface area contributed by atoms with E-state index in [-0.39, 0.29) is 11.5 Å². The lowest BCUT2D eigenvalue weighted by molar-refractivity contribution is 0.0794. The van der Waals surface area contributed by atoms with Crippen LogP contribution in [0.25, 0.3) is 11.0 Å². The molecule has 2 amide bonds. The number of aromatic amines is 1. The molecule has 29 heavy (non-hydrogen) atoms. The van der Waals surface area contributed by atoms with Crippen LogP contribution in [0.2, 0.25) is 5.02 Å². The quantitative estimate of drug-likeness (QED) is 0.647. The number of hydrogen-bond donors (Lipinski definition) is 2. The molecule has 1 saturated heterocycles. The number of aromatic nitrogens is 2. The number of H-pyrrole nitrogens is 1. The third-order valence-electron chi connectivity index (χ3n) is 4.82. The van der Waals surface area contributed by atoms with Crippen molar-refractivity contribution in [1.29, 1.82) is 0 Å². The van der Waals surface area contributed by atoms with E-state index in [9.17, 15) is 18.4 Å². The number of amides is 2. The van der Waals surface area contributed by atoms with Crippen LogP contribution in [0, 0.1) is 0 Å². The number of nitrogens with zero attached hydrogens (tertiary/aromatic N) is 2. The fraction of sp³-hybridized carbons (Fsp3) is 0.250. The summed E-state index contributed by atoms with van der Waals surface area (Å²) < 4.78 is 25.6. The first-order valence-electron chi connectivity index (χ1n) is 9.10. The molecule has 1 aliphatic rings. The zero-order valence-electron chi connectivity index (χ0n) is 15.2. The van der Waals surface area contributed by atoms with E-state index < -0.39 is 18.2 Å². The van der Waals surface area contributed by atoms with Crippen LogP contribution in [-0.2, 0) is 0 Å². The fourth-order valence-electron chi connectivity index (χ4n) is 3.36. The van der Waals surface area contributed by atoms with Crippen molar-refractivity contribution in [3.63, 3.8) is 0 Å².